The average Bonchev–Trinajstić information content (AvgIpc) is 3.10. The van der Waals surface area contributed by atoms with Gasteiger partial charge in [-0.3, -0.25) is 4.79 Å². The van der Waals surface area contributed by atoms with Crippen molar-refractivity contribution in [1.82, 2.24) is 10.3 Å². The number of phenolic OH excluding ortho intramolecular Hbond substituents is 1. The Hall–Kier alpha value is -2.73. The number of carbonyl (C=O) groups excluding carboxylic acids is 1. The van der Waals surface area contributed by atoms with Crippen LogP contribution in [0, 0.1) is 5.82 Å². The lowest BCUT2D eigenvalue weighted by molar-refractivity contribution is 0.0937. The van der Waals surface area contributed by atoms with E-state index in [1.165, 1.54) is 18.3 Å². The second-order valence-corrected chi connectivity index (χ2v) is 5.98. The van der Waals surface area contributed by atoms with Crippen LogP contribution in [0.1, 0.15) is 15.9 Å². The third-order valence-corrected chi connectivity index (χ3v) is 3.92. The summed E-state index contributed by atoms with van der Waals surface area (Å²) in [5.74, 6) is -2.00. The first-order chi connectivity index (χ1) is 12.3. The maximum atomic E-state index is 14.4. The summed E-state index contributed by atoms with van der Waals surface area (Å²) in [5.41, 5.74) is -0.0147. The molecule has 0 unspecified atom stereocenters. The lowest BCUT2D eigenvalue weighted by atomic mass is 9.58. The molecule has 5 nitrogen and oxygen atoms in total. The molecule has 0 aliphatic heterocycles. The normalized spacial score (nSPS) is 11.3. The van der Waals surface area contributed by atoms with Crippen LogP contribution in [0.4, 0.5) is 4.39 Å². The van der Waals surface area contributed by atoms with E-state index in [4.69, 9.17) is 31.7 Å². The first kappa shape index (κ1) is 18.1. The second kappa shape index (κ2) is 6.88. The van der Waals surface area contributed by atoms with Crippen molar-refractivity contribution in [3.8, 4) is 17.1 Å². The number of nitrogens with one attached hydrogen (secondary N) is 1. The molecule has 126 valence electrons. The van der Waals surface area contributed by atoms with E-state index in [0.29, 0.717) is 10.6 Å². The number of nitrogens with zero attached hydrogens (tertiary/aromatic N) is 1. The number of hydrogen-bond acceptors (Lipinski definition) is 4. The third-order valence-electron chi connectivity index (χ3n) is 3.67. The minimum Gasteiger partial charge on any atom is -0.507 e. The van der Waals surface area contributed by atoms with Gasteiger partial charge in [-0.05, 0) is 35.2 Å². The van der Waals surface area contributed by atoms with Crippen molar-refractivity contribution in [3.05, 3.63) is 71.0 Å². The zero-order chi connectivity index (χ0) is 18.9. The van der Waals surface area contributed by atoms with Gasteiger partial charge >= 0.3 is 0 Å². The molecule has 1 heterocycles. The molecule has 0 spiro atoms. The first-order valence-corrected chi connectivity index (χ1v) is 7.73. The number of benzene rings is 2. The number of halogens is 2. The molecular formula is C17H10B2ClFN2O3. The molecule has 0 saturated heterocycles. The highest BCUT2D eigenvalue weighted by atomic mass is 35.5. The van der Waals surface area contributed by atoms with Gasteiger partial charge in [-0.2, -0.15) is 0 Å². The Morgan fingerprint density at radius 3 is 2.58 bits per heavy atom. The summed E-state index contributed by atoms with van der Waals surface area (Å²) in [4.78, 5) is 16.1. The summed E-state index contributed by atoms with van der Waals surface area (Å²) in [6.45, 7) is 0. The smallest absolute Gasteiger partial charge is 0.253 e. The summed E-state index contributed by atoms with van der Waals surface area (Å²) in [6.07, 6.45) is 2.44. The molecule has 3 rings (SSSR count). The quantitative estimate of drug-likeness (QED) is 0.696. The van der Waals surface area contributed by atoms with Gasteiger partial charge in [0.05, 0.1) is 33.0 Å². The predicted octanol–water partition coefficient (Wildman–Crippen LogP) is 2.72. The summed E-state index contributed by atoms with van der Waals surface area (Å²) in [6, 6.07) is 8.08. The fourth-order valence-corrected chi connectivity index (χ4v) is 2.46. The van der Waals surface area contributed by atoms with Crippen LogP contribution in [0.5, 0.6) is 5.75 Å². The maximum absolute atomic E-state index is 14.4. The molecule has 4 radical (unpaired) electrons. The Bertz CT molecular complexity index is 947. The number of hydrogen-bond donors (Lipinski definition) is 2. The summed E-state index contributed by atoms with van der Waals surface area (Å²) >= 11 is 5.80. The number of aromatic hydroxyl groups is 1. The Labute approximate surface area is 156 Å². The zero-order valence-electron chi connectivity index (χ0n) is 13.2. The summed E-state index contributed by atoms with van der Waals surface area (Å²) in [7, 11) is 11.8. The van der Waals surface area contributed by atoms with Crippen LogP contribution in [0.2, 0.25) is 5.02 Å². The van der Waals surface area contributed by atoms with Crippen LogP contribution in [0.25, 0.3) is 11.3 Å². The molecule has 0 atom stereocenters. The van der Waals surface area contributed by atoms with Crippen LogP contribution in [-0.2, 0) is 5.34 Å². The van der Waals surface area contributed by atoms with E-state index in [9.17, 15) is 14.3 Å². The van der Waals surface area contributed by atoms with E-state index >= 15 is 0 Å². The molecule has 2 aromatic carbocycles. The van der Waals surface area contributed by atoms with Crippen molar-refractivity contribution in [3.63, 3.8) is 0 Å². The second-order valence-electron chi connectivity index (χ2n) is 5.54. The van der Waals surface area contributed by atoms with Gasteiger partial charge in [0.1, 0.15) is 11.6 Å². The van der Waals surface area contributed by atoms with Crippen LogP contribution >= 0.6 is 11.6 Å². The molecule has 26 heavy (non-hydrogen) atoms. The van der Waals surface area contributed by atoms with Crippen molar-refractivity contribution < 1.29 is 18.7 Å². The highest BCUT2D eigenvalue weighted by molar-refractivity contribution is 6.41. The SMILES string of the molecule is [B]C([B])(NC(=O)c1cc(O)c(-c2cnco2)cc1F)c1ccc(Cl)cc1. The van der Waals surface area contributed by atoms with E-state index in [1.54, 1.807) is 12.1 Å². The molecule has 0 saturated carbocycles. The number of carbonyl (C=O) groups is 1. The fourth-order valence-electron chi connectivity index (χ4n) is 2.34. The van der Waals surface area contributed by atoms with Gasteiger partial charge < -0.3 is 14.8 Å². The first-order valence-electron chi connectivity index (χ1n) is 7.35. The van der Waals surface area contributed by atoms with Crippen molar-refractivity contribution >= 4 is 33.2 Å². The third kappa shape index (κ3) is 3.60. The highest BCUT2D eigenvalue weighted by Crippen LogP contribution is 2.31. The molecule has 2 N–H and O–H groups in total. The van der Waals surface area contributed by atoms with E-state index in [0.717, 1.165) is 18.5 Å². The van der Waals surface area contributed by atoms with Crippen molar-refractivity contribution in [1.29, 1.82) is 0 Å². The number of aromatic nitrogens is 1. The van der Waals surface area contributed by atoms with Gasteiger partial charge in [0, 0.05) is 5.02 Å². The summed E-state index contributed by atoms with van der Waals surface area (Å²) in [5, 5.41) is 11.1. The molecule has 3 aromatic rings. The molecule has 0 bridgehead atoms. The summed E-state index contributed by atoms with van der Waals surface area (Å²) < 4.78 is 19.4. The number of amides is 1. The standard InChI is InChI=1S/C17H10B2ClFN2O3/c18-17(19,9-1-3-10(20)4-2-9)23-16(25)11-6-14(24)12(5-13(11)21)15-7-22-8-26-15/h1-8,24H,(H,23,25). The lowest BCUT2D eigenvalue weighted by Gasteiger charge is -2.28. The van der Waals surface area contributed by atoms with Crippen molar-refractivity contribution in [2.24, 2.45) is 0 Å². The minimum atomic E-state index is -1.77. The topological polar surface area (TPSA) is 75.4 Å². The Morgan fingerprint density at radius 1 is 1.27 bits per heavy atom. The van der Waals surface area contributed by atoms with Gasteiger partial charge in [-0.1, -0.05) is 23.7 Å². The predicted molar refractivity (Wildman–Crippen MR) is 95.7 cm³/mol. The van der Waals surface area contributed by atoms with E-state index in [2.05, 4.69) is 10.3 Å². The average molecular weight is 366 g/mol. The van der Waals surface area contributed by atoms with Gasteiger partial charge in [0.25, 0.3) is 5.91 Å². The lowest BCUT2D eigenvalue weighted by Crippen LogP contribution is -2.47. The van der Waals surface area contributed by atoms with E-state index in [1.807, 2.05) is 0 Å². The van der Waals surface area contributed by atoms with E-state index < -0.39 is 22.6 Å². The molecular weight excluding hydrogens is 356 g/mol. The van der Waals surface area contributed by atoms with E-state index in [-0.39, 0.29) is 17.1 Å². The van der Waals surface area contributed by atoms with Crippen LogP contribution in [-0.4, -0.2) is 31.7 Å². The Kier molecular flexibility index (Phi) is 4.78. The molecule has 0 aliphatic rings. The number of oxazole rings is 1. The van der Waals surface area contributed by atoms with Crippen LogP contribution in [0.15, 0.2) is 53.4 Å². The Balaban J connectivity index is 1.88. The molecule has 0 fully saturated rings. The van der Waals surface area contributed by atoms with Crippen molar-refractivity contribution in [2.75, 3.05) is 0 Å². The maximum Gasteiger partial charge on any atom is 0.253 e. The Morgan fingerprint density at radius 2 is 1.96 bits per heavy atom. The van der Waals surface area contributed by atoms with Crippen molar-refractivity contribution in [2.45, 2.75) is 5.34 Å². The molecule has 1 amide bonds. The molecule has 9 heteroatoms. The fraction of sp³-hybridized carbons (Fsp3) is 0.0588. The largest absolute Gasteiger partial charge is 0.507 e. The van der Waals surface area contributed by atoms with Gasteiger partial charge in [-0.15, -0.1) is 0 Å². The number of rotatable bonds is 4. The highest BCUT2D eigenvalue weighted by Gasteiger charge is 2.25. The monoisotopic (exact) mass is 366 g/mol. The zero-order valence-corrected chi connectivity index (χ0v) is 14.0. The van der Waals surface area contributed by atoms with Crippen LogP contribution < -0.4 is 5.32 Å². The van der Waals surface area contributed by atoms with Crippen LogP contribution in [0.3, 0.4) is 0 Å². The molecule has 0 aliphatic carbocycles. The molecule has 1 aromatic heterocycles. The minimum absolute atomic E-state index is 0.0565. The van der Waals surface area contributed by atoms with Gasteiger partial charge in [-0.25, -0.2) is 9.37 Å². The van der Waals surface area contributed by atoms with Gasteiger partial charge in [0.15, 0.2) is 12.2 Å². The van der Waals surface area contributed by atoms with Gasteiger partial charge in [0.2, 0.25) is 0 Å². The number of phenols is 1.